The maximum atomic E-state index is 12.4. The van der Waals surface area contributed by atoms with Gasteiger partial charge in [-0.15, -0.1) is 0 Å². The van der Waals surface area contributed by atoms with Gasteiger partial charge < -0.3 is 18.8 Å². The van der Waals surface area contributed by atoms with Gasteiger partial charge in [0.05, 0.1) is 17.8 Å². The molecule has 0 aliphatic carbocycles. The van der Waals surface area contributed by atoms with Crippen LogP contribution in [0.3, 0.4) is 0 Å². The summed E-state index contributed by atoms with van der Waals surface area (Å²) in [5, 5.41) is 2.05. The summed E-state index contributed by atoms with van der Waals surface area (Å²) >= 11 is 12.6. The normalized spacial score (nSPS) is 13.1. The average Bonchev–Trinajstić information content (AvgIpc) is 2.80. The molecular formula is C25H19Cl2NO4. The first-order valence-corrected chi connectivity index (χ1v) is 10.8. The summed E-state index contributed by atoms with van der Waals surface area (Å²) in [6.07, 6.45) is 0. The summed E-state index contributed by atoms with van der Waals surface area (Å²) in [5.41, 5.74) is 4.38. The van der Waals surface area contributed by atoms with Gasteiger partial charge in [0.1, 0.15) is 17.1 Å². The van der Waals surface area contributed by atoms with Crippen molar-refractivity contribution in [2.75, 3.05) is 18.7 Å². The van der Waals surface area contributed by atoms with Crippen molar-refractivity contribution < 1.29 is 13.9 Å². The van der Waals surface area contributed by atoms with Crippen LogP contribution in [0.5, 0.6) is 11.5 Å². The molecule has 0 N–H and O–H groups in total. The molecule has 3 aromatic carbocycles. The number of hydrogen-bond donors (Lipinski definition) is 0. The van der Waals surface area contributed by atoms with E-state index in [1.54, 1.807) is 19.2 Å². The summed E-state index contributed by atoms with van der Waals surface area (Å²) in [7, 11) is 1.62. The molecule has 0 atom stereocenters. The molecular weight excluding hydrogens is 449 g/mol. The Kier molecular flexibility index (Phi) is 5.24. The number of nitrogens with zero attached hydrogens (tertiary/aromatic N) is 1. The van der Waals surface area contributed by atoms with Crippen LogP contribution in [-0.2, 0) is 6.54 Å². The van der Waals surface area contributed by atoms with E-state index in [9.17, 15) is 4.79 Å². The first kappa shape index (κ1) is 20.7. The van der Waals surface area contributed by atoms with E-state index in [0.29, 0.717) is 28.9 Å². The zero-order chi connectivity index (χ0) is 22.4. The molecule has 4 aromatic rings. The van der Waals surface area contributed by atoms with Crippen LogP contribution in [0.1, 0.15) is 11.1 Å². The number of rotatable bonds is 3. The Morgan fingerprint density at radius 2 is 1.81 bits per heavy atom. The Morgan fingerprint density at radius 3 is 2.56 bits per heavy atom. The molecule has 1 aliphatic rings. The van der Waals surface area contributed by atoms with E-state index in [-0.39, 0.29) is 0 Å². The van der Waals surface area contributed by atoms with Crippen molar-refractivity contribution >= 4 is 39.9 Å². The summed E-state index contributed by atoms with van der Waals surface area (Å²) in [4.78, 5) is 14.4. The number of benzene rings is 3. The lowest BCUT2D eigenvalue weighted by molar-refractivity contribution is 0.287. The van der Waals surface area contributed by atoms with Crippen LogP contribution in [0.2, 0.25) is 10.0 Å². The fourth-order valence-electron chi connectivity index (χ4n) is 4.11. The van der Waals surface area contributed by atoms with Gasteiger partial charge in [0.2, 0.25) is 0 Å². The molecule has 0 saturated heterocycles. The van der Waals surface area contributed by atoms with Crippen LogP contribution in [-0.4, -0.2) is 13.8 Å². The predicted octanol–water partition coefficient (Wildman–Crippen LogP) is 6.44. The molecule has 5 nitrogen and oxygen atoms in total. The van der Waals surface area contributed by atoms with Gasteiger partial charge in [0.25, 0.3) is 0 Å². The first-order chi connectivity index (χ1) is 15.4. The lowest BCUT2D eigenvalue weighted by Gasteiger charge is -2.32. The number of hydrogen-bond acceptors (Lipinski definition) is 5. The molecule has 0 radical (unpaired) electrons. The standard InChI is InChI=1S/C25H19Cl2NO4/c1-14-24-16(12-28(13-31-24)22-10-17(26)5-8-21(22)27)9-20-19(11-23(29)32-25(14)20)15-3-6-18(30-2)7-4-15/h3-11H,12-13H2,1-2H3. The van der Waals surface area contributed by atoms with Crippen molar-refractivity contribution in [3.8, 4) is 22.6 Å². The van der Waals surface area contributed by atoms with E-state index < -0.39 is 5.63 Å². The highest BCUT2D eigenvalue weighted by molar-refractivity contribution is 6.35. The Hall–Kier alpha value is -3.15. The third kappa shape index (κ3) is 3.57. The Labute approximate surface area is 194 Å². The van der Waals surface area contributed by atoms with Gasteiger partial charge in [-0.3, -0.25) is 0 Å². The van der Waals surface area contributed by atoms with E-state index in [1.807, 2.05) is 48.2 Å². The smallest absolute Gasteiger partial charge is 0.336 e. The molecule has 32 heavy (non-hydrogen) atoms. The SMILES string of the molecule is COc1ccc(-c2cc(=O)oc3c(C)c4c(cc23)CN(c2cc(Cl)ccc2Cl)CO4)cc1. The third-order valence-electron chi connectivity index (χ3n) is 5.67. The van der Waals surface area contributed by atoms with Crippen molar-refractivity contribution in [3.63, 3.8) is 0 Å². The highest BCUT2D eigenvalue weighted by Crippen LogP contribution is 2.40. The lowest BCUT2D eigenvalue weighted by Crippen LogP contribution is -2.32. The molecule has 0 amide bonds. The van der Waals surface area contributed by atoms with E-state index >= 15 is 0 Å². The maximum Gasteiger partial charge on any atom is 0.336 e. The van der Waals surface area contributed by atoms with E-state index in [2.05, 4.69) is 0 Å². The second kappa shape index (κ2) is 8.08. The minimum atomic E-state index is -0.408. The van der Waals surface area contributed by atoms with Crippen molar-refractivity contribution in [1.29, 1.82) is 0 Å². The topological polar surface area (TPSA) is 51.9 Å². The van der Waals surface area contributed by atoms with Gasteiger partial charge in [-0.1, -0.05) is 35.3 Å². The number of methoxy groups -OCH3 is 1. The van der Waals surface area contributed by atoms with Gasteiger partial charge in [-0.25, -0.2) is 4.79 Å². The molecule has 0 unspecified atom stereocenters. The van der Waals surface area contributed by atoms with Crippen LogP contribution in [0.4, 0.5) is 5.69 Å². The van der Waals surface area contributed by atoms with Gasteiger partial charge in [-0.2, -0.15) is 0 Å². The van der Waals surface area contributed by atoms with Gasteiger partial charge in [-0.05, 0) is 54.4 Å². The van der Waals surface area contributed by atoms with E-state index in [1.165, 1.54) is 6.07 Å². The Morgan fingerprint density at radius 1 is 1.03 bits per heavy atom. The molecule has 0 bridgehead atoms. The zero-order valence-electron chi connectivity index (χ0n) is 17.4. The summed E-state index contributed by atoms with van der Waals surface area (Å²) < 4.78 is 16.9. The average molecular weight is 468 g/mol. The summed E-state index contributed by atoms with van der Waals surface area (Å²) in [5.74, 6) is 1.47. The van der Waals surface area contributed by atoms with Crippen molar-refractivity contribution in [2.24, 2.45) is 0 Å². The van der Waals surface area contributed by atoms with Crippen LogP contribution >= 0.6 is 23.2 Å². The number of aryl methyl sites for hydroxylation is 1. The van der Waals surface area contributed by atoms with Crippen LogP contribution < -0.4 is 20.0 Å². The highest BCUT2D eigenvalue weighted by atomic mass is 35.5. The van der Waals surface area contributed by atoms with Crippen LogP contribution in [0.15, 0.2) is 63.8 Å². The number of ether oxygens (including phenoxy) is 2. The second-order valence-corrected chi connectivity index (χ2v) is 8.48. The molecule has 7 heteroatoms. The quantitative estimate of drug-likeness (QED) is 0.324. The predicted molar refractivity (Wildman–Crippen MR) is 127 cm³/mol. The lowest BCUT2D eigenvalue weighted by atomic mass is 9.96. The molecule has 2 heterocycles. The Bertz CT molecular complexity index is 1400. The van der Waals surface area contributed by atoms with Gasteiger partial charge >= 0.3 is 5.63 Å². The van der Waals surface area contributed by atoms with Crippen LogP contribution in [0, 0.1) is 6.92 Å². The number of anilines is 1. The minimum Gasteiger partial charge on any atom is -0.497 e. The van der Waals surface area contributed by atoms with Crippen molar-refractivity contribution in [3.05, 3.63) is 86.2 Å². The van der Waals surface area contributed by atoms with E-state index in [0.717, 1.165) is 44.8 Å². The molecule has 5 rings (SSSR count). The first-order valence-electron chi connectivity index (χ1n) is 10.0. The molecule has 0 spiro atoms. The fraction of sp³-hybridized carbons (Fsp3) is 0.160. The minimum absolute atomic E-state index is 0.307. The molecule has 162 valence electrons. The van der Waals surface area contributed by atoms with Gasteiger partial charge in [0.15, 0.2) is 6.73 Å². The maximum absolute atomic E-state index is 12.4. The Balaban J connectivity index is 1.65. The summed E-state index contributed by atoms with van der Waals surface area (Å²) in [6.45, 7) is 2.79. The van der Waals surface area contributed by atoms with Crippen LogP contribution in [0.25, 0.3) is 22.1 Å². The monoisotopic (exact) mass is 467 g/mol. The van der Waals surface area contributed by atoms with Gasteiger partial charge in [0, 0.05) is 34.1 Å². The molecule has 1 aliphatic heterocycles. The number of halogens is 2. The number of fused-ring (bicyclic) bond motifs is 2. The van der Waals surface area contributed by atoms with Crippen molar-refractivity contribution in [2.45, 2.75) is 13.5 Å². The fourth-order valence-corrected chi connectivity index (χ4v) is 4.52. The third-order valence-corrected chi connectivity index (χ3v) is 6.22. The zero-order valence-corrected chi connectivity index (χ0v) is 19.0. The van der Waals surface area contributed by atoms with Crippen molar-refractivity contribution in [1.82, 2.24) is 0 Å². The largest absolute Gasteiger partial charge is 0.497 e. The summed E-state index contributed by atoms with van der Waals surface area (Å²) in [6, 6.07) is 16.5. The second-order valence-electron chi connectivity index (χ2n) is 7.64. The van der Waals surface area contributed by atoms with E-state index in [4.69, 9.17) is 37.1 Å². The molecule has 0 fully saturated rings. The molecule has 0 saturated carbocycles. The highest BCUT2D eigenvalue weighted by Gasteiger charge is 2.24. The molecule has 1 aromatic heterocycles.